The zero-order chi connectivity index (χ0) is 24.6. The molecule has 2 amide bonds. The minimum atomic E-state index is -0.977. The summed E-state index contributed by atoms with van der Waals surface area (Å²) in [6.45, 7) is 15.3. The number of nitrogens with zero attached hydrogens (tertiary/aromatic N) is 1. The number of hydrogen-bond acceptors (Lipinski definition) is 6. The van der Waals surface area contributed by atoms with Gasteiger partial charge in [-0.1, -0.05) is 40.7 Å². The van der Waals surface area contributed by atoms with Crippen LogP contribution in [0.4, 0.5) is 0 Å². The lowest BCUT2D eigenvalue weighted by molar-refractivity contribution is -0.142. The molecule has 0 fully saturated rings. The lowest BCUT2D eigenvalue weighted by atomic mass is 9.84. The second-order valence-corrected chi connectivity index (χ2v) is 9.54. The highest BCUT2D eigenvalue weighted by Gasteiger charge is 2.41. The maximum atomic E-state index is 13.5. The Hall–Kier alpha value is -1.93. The lowest BCUT2D eigenvalue weighted by Gasteiger charge is -2.39. The first-order chi connectivity index (χ1) is 14.2. The van der Waals surface area contributed by atoms with Crippen molar-refractivity contribution < 1.29 is 23.9 Å². The van der Waals surface area contributed by atoms with E-state index < -0.39 is 23.0 Å². The first-order valence-electron chi connectivity index (χ1n) is 10.8. The molecule has 3 atom stereocenters. The van der Waals surface area contributed by atoms with Gasteiger partial charge in [-0.3, -0.25) is 9.59 Å². The van der Waals surface area contributed by atoms with E-state index >= 15 is 0 Å². The summed E-state index contributed by atoms with van der Waals surface area (Å²) in [4.78, 5) is 40.2. The van der Waals surface area contributed by atoms with Crippen LogP contribution in [0, 0.1) is 11.3 Å². The van der Waals surface area contributed by atoms with E-state index in [9.17, 15) is 14.4 Å². The number of hydrogen-bond donors (Lipinski definition) is 2. The summed E-state index contributed by atoms with van der Waals surface area (Å²) < 4.78 is 10.2. The third-order valence-corrected chi connectivity index (χ3v) is 5.37. The average Bonchev–Trinajstić information content (AvgIpc) is 2.67. The van der Waals surface area contributed by atoms with E-state index in [2.05, 4.69) is 10.6 Å². The molecular weight excluding hydrogens is 398 g/mol. The molecule has 0 aliphatic rings. The average molecular weight is 442 g/mol. The van der Waals surface area contributed by atoms with Crippen molar-refractivity contribution >= 4 is 17.8 Å². The van der Waals surface area contributed by atoms with Crippen molar-refractivity contribution in [2.45, 2.75) is 73.0 Å². The van der Waals surface area contributed by atoms with Crippen molar-refractivity contribution in [3.63, 3.8) is 0 Å². The van der Waals surface area contributed by atoms with Crippen LogP contribution in [0.15, 0.2) is 11.6 Å². The standard InChI is InChI=1S/C23H43N3O5/c1-12-31-20(28)16(4)13-17(15(2)3)26(10)19(27)18(22(5,6)7)25-21(29)23(8,24-9)14-30-11/h13,15,17-18,24H,12,14H2,1-11H3,(H,25,29)/b16-13+/t17-,18-,23?/m1/s1. The Morgan fingerprint density at radius 3 is 2.06 bits per heavy atom. The van der Waals surface area contributed by atoms with E-state index in [1.165, 1.54) is 7.11 Å². The van der Waals surface area contributed by atoms with Gasteiger partial charge in [0.1, 0.15) is 11.6 Å². The Morgan fingerprint density at radius 2 is 1.68 bits per heavy atom. The molecule has 31 heavy (non-hydrogen) atoms. The van der Waals surface area contributed by atoms with Gasteiger partial charge in [0.15, 0.2) is 0 Å². The molecule has 8 nitrogen and oxygen atoms in total. The SMILES string of the molecule is CCOC(=O)/C(C)=C/[C@H](C(C)C)N(C)C(=O)[C@@H](NC(=O)C(C)(COC)NC)C(C)(C)C. The number of amides is 2. The van der Waals surface area contributed by atoms with Crippen molar-refractivity contribution in [2.75, 3.05) is 34.4 Å². The molecular formula is C23H43N3O5. The van der Waals surface area contributed by atoms with Gasteiger partial charge in [0.25, 0.3) is 0 Å². The summed E-state index contributed by atoms with van der Waals surface area (Å²) in [5.41, 5.74) is -1.07. The number of methoxy groups -OCH3 is 1. The van der Waals surface area contributed by atoms with E-state index in [1.54, 1.807) is 45.8 Å². The fraction of sp³-hybridized carbons (Fsp3) is 0.783. The number of ether oxygens (including phenoxy) is 2. The van der Waals surface area contributed by atoms with Crippen molar-refractivity contribution in [3.8, 4) is 0 Å². The molecule has 0 saturated heterocycles. The van der Waals surface area contributed by atoms with Gasteiger partial charge in [0.05, 0.1) is 19.3 Å². The molecule has 0 saturated carbocycles. The zero-order valence-corrected chi connectivity index (χ0v) is 21.2. The van der Waals surface area contributed by atoms with Gasteiger partial charge in [-0.25, -0.2) is 4.79 Å². The predicted molar refractivity (Wildman–Crippen MR) is 123 cm³/mol. The van der Waals surface area contributed by atoms with Crippen LogP contribution in [0.2, 0.25) is 0 Å². The Bertz CT molecular complexity index is 654. The van der Waals surface area contributed by atoms with E-state index in [4.69, 9.17) is 9.47 Å². The molecule has 8 heteroatoms. The van der Waals surface area contributed by atoms with Crippen LogP contribution in [0.5, 0.6) is 0 Å². The molecule has 0 bridgehead atoms. The van der Waals surface area contributed by atoms with Crippen LogP contribution in [-0.2, 0) is 23.9 Å². The molecule has 1 unspecified atom stereocenters. The molecule has 0 radical (unpaired) electrons. The van der Waals surface area contributed by atoms with Crippen LogP contribution in [0.1, 0.15) is 55.4 Å². The number of nitrogens with one attached hydrogen (secondary N) is 2. The van der Waals surface area contributed by atoms with Gasteiger partial charge in [-0.05, 0) is 39.2 Å². The summed E-state index contributed by atoms with van der Waals surface area (Å²) in [5, 5.41) is 5.89. The Labute approximate surface area is 188 Å². The highest BCUT2D eigenvalue weighted by molar-refractivity contribution is 5.93. The van der Waals surface area contributed by atoms with Gasteiger partial charge < -0.3 is 25.0 Å². The molecule has 2 N–H and O–H groups in total. The quantitative estimate of drug-likeness (QED) is 0.377. The largest absolute Gasteiger partial charge is 0.463 e. The first-order valence-corrected chi connectivity index (χ1v) is 10.8. The Balaban J connectivity index is 5.91. The summed E-state index contributed by atoms with van der Waals surface area (Å²) in [7, 11) is 4.89. The van der Waals surface area contributed by atoms with Crippen molar-refractivity contribution in [1.82, 2.24) is 15.5 Å². The van der Waals surface area contributed by atoms with Gasteiger partial charge >= 0.3 is 5.97 Å². The minimum Gasteiger partial charge on any atom is -0.463 e. The van der Waals surface area contributed by atoms with Gasteiger partial charge in [0, 0.05) is 19.7 Å². The van der Waals surface area contributed by atoms with Crippen molar-refractivity contribution in [3.05, 3.63) is 11.6 Å². The number of carbonyl (C=O) groups is 3. The molecule has 0 aliphatic heterocycles. The smallest absolute Gasteiger partial charge is 0.333 e. The summed E-state index contributed by atoms with van der Waals surface area (Å²) in [6, 6.07) is -1.11. The highest BCUT2D eigenvalue weighted by Crippen LogP contribution is 2.24. The minimum absolute atomic E-state index is 0.0470. The summed E-state index contributed by atoms with van der Waals surface area (Å²) in [5.74, 6) is -0.911. The van der Waals surface area contributed by atoms with Gasteiger partial charge in [-0.2, -0.15) is 0 Å². The molecule has 0 rings (SSSR count). The van der Waals surface area contributed by atoms with E-state index in [0.717, 1.165) is 0 Å². The van der Waals surface area contributed by atoms with Crippen LogP contribution in [-0.4, -0.2) is 74.7 Å². The summed E-state index contributed by atoms with van der Waals surface area (Å²) >= 11 is 0. The van der Waals surface area contributed by atoms with Crippen LogP contribution >= 0.6 is 0 Å². The monoisotopic (exact) mass is 441 g/mol. The van der Waals surface area contributed by atoms with Crippen LogP contribution in [0.25, 0.3) is 0 Å². The van der Waals surface area contributed by atoms with Gasteiger partial charge in [-0.15, -0.1) is 0 Å². The van der Waals surface area contributed by atoms with Crippen LogP contribution in [0.3, 0.4) is 0 Å². The number of esters is 1. The maximum absolute atomic E-state index is 13.5. The molecule has 0 spiro atoms. The molecule has 0 aliphatic carbocycles. The molecule has 0 aromatic rings. The molecule has 180 valence electrons. The Morgan fingerprint density at radius 1 is 1.13 bits per heavy atom. The zero-order valence-electron chi connectivity index (χ0n) is 21.2. The van der Waals surface area contributed by atoms with Gasteiger partial charge in [0.2, 0.25) is 11.8 Å². The summed E-state index contributed by atoms with van der Waals surface area (Å²) in [6.07, 6.45) is 1.75. The van der Waals surface area contributed by atoms with Crippen molar-refractivity contribution in [2.24, 2.45) is 11.3 Å². The fourth-order valence-electron chi connectivity index (χ4n) is 3.15. The topological polar surface area (TPSA) is 97.0 Å². The number of likely N-dealkylation sites (N-methyl/N-ethyl adjacent to an activating group) is 2. The first kappa shape index (κ1) is 29.1. The van der Waals surface area contributed by atoms with E-state index in [-0.39, 0.29) is 37.0 Å². The lowest BCUT2D eigenvalue weighted by Crippen LogP contribution is -2.63. The maximum Gasteiger partial charge on any atom is 0.333 e. The molecule has 0 heterocycles. The molecule has 0 aromatic heterocycles. The highest BCUT2D eigenvalue weighted by atomic mass is 16.5. The second-order valence-electron chi connectivity index (χ2n) is 9.54. The fourth-order valence-corrected chi connectivity index (χ4v) is 3.15. The number of rotatable bonds is 11. The third-order valence-electron chi connectivity index (χ3n) is 5.37. The third kappa shape index (κ3) is 8.26. The van der Waals surface area contributed by atoms with Crippen molar-refractivity contribution in [1.29, 1.82) is 0 Å². The second kappa shape index (κ2) is 12.2. The van der Waals surface area contributed by atoms with Crippen LogP contribution < -0.4 is 10.6 Å². The number of carbonyl (C=O) groups excluding carboxylic acids is 3. The molecule has 0 aromatic carbocycles. The van der Waals surface area contributed by atoms with E-state index in [1.807, 2.05) is 34.6 Å². The predicted octanol–water partition coefficient (Wildman–Crippen LogP) is 2.13. The Kier molecular flexibility index (Phi) is 11.4. The van der Waals surface area contributed by atoms with E-state index in [0.29, 0.717) is 5.57 Å². The normalized spacial score (nSPS) is 16.3.